The van der Waals surface area contributed by atoms with Gasteiger partial charge in [-0.2, -0.15) is 13.2 Å². The van der Waals surface area contributed by atoms with Crippen molar-refractivity contribution in [1.29, 1.82) is 0 Å². The SMILES string of the molecule is COC(=O)c1sccc1NC(=O)CN1CCN(CCc2cccc(C(F)(F)F)c2)CC1. The van der Waals surface area contributed by atoms with Crippen molar-refractivity contribution in [2.75, 3.05) is 51.7 Å². The molecule has 0 spiro atoms. The highest BCUT2D eigenvalue weighted by atomic mass is 32.1. The van der Waals surface area contributed by atoms with Gasteiger partial charge in [-0.25, -0.2) is 4.79 Å². The van der Waals surface area contributed by atoms with Crippen molar-refractivity contribution < 1.29 is 27.5 Å². The minimum atomic E-state index is -4.33. The van der Waals surface area contributed by atoms with E-state index in [1.165, 1.54) is 30.6 Å². The topological polar surface area (TPSA) is 61.9 Å². The van der Waals surface area contributed by atoms with Crippen molar-refractivity contribution in [2.45, 2.75) is 12.6 Å². The van der Waals surface area contributed by atoms with Gasteiger partial charge >= 0.3 is 12.1 Å². The smallest absolute Gasteiger partial charge is 0.416 e. The van der Waals surface area contributed by atoms with E-state index in [0.717, 1.165) is 19.2 Å². The number of alkyl halides is 3. The standard InChI is InChI=1S/C21H24F3N3O3S/c1-30-20(29)19-17(6-12-31-19)25-18(28)14-27-10-8-26(9-11-27)7-5-15-3-2-4-16(13-15)21(22,23)24/h2-4,6,12-13H,5,7-11,14H2,1H3,(H,25,28). The average molecular weight is 456 g/mol. The number of carbonyl (C=O) groups is 2. The maximum atomic E-state index is 12.8. The maximum Gasteiger partial charge on any atom is 0.416 e. The predicted molar refractivity (Wildman–Crippen MR) is 112 cm³/mol. The van der Waals surface area contributed by atoms with Gasteiger partial charge in [0.2, 0.25) is 5.91 Å². The van der Waals surface area contributed by atoms with Crippen LogP contribution in [0.2, 0.25) is 0 Å². The molecule has 1 aliphatic heterocycles. The van der Waals surface area contributed by atoms with Gasteiger partial charge in [-0.15, -0.1) is 11.3 Å². The summed E-state index contributed by atoms with van der Waals surface area (Å²) in [6.07, 6.45) is -3.79. The van der Waals surface area contributed by atoms with Crippen molar-refractivity contribution in [3.8, 4) is 0 Å². The van der Waals surface area contributed by atoms with E-state index in [0.29, 0.717) is 42.2 Å². The van der Waals surface area contributed by atoms with Gasteiger partial charge in [0.25, 0.3) is 0 Å². The van der Waals surface area contributed by atoms with Crippen LogP contribution in [-0.2, 0) is 22.1 Å². The molecular formula is C21H24F3N3O3S. The fourth-order valence-corrected chi connectivity index (χ4v) is 4.18. The van der Waals surface area contributed by atoms with Crippen molar-refractivity contribution >= 4 is 28.9 Å². The second kappa shape index (κ2) is 10.3. The summed E-state index contributed by atoms with van der Waals surface area (Å²) in [5, 5.41) is 4.47. The number of amides is 1. The first kappa shape index (κ1) is 23.2. The van der Waals surface area contributed by atoms with Gasteiger partial charge in [0, 0.05) is 32.7 Å². The Kier molecular flexibility index (Phi) is 7.69. The first-order chi connectivity index (χ1) is 14.8. The van der Waals surface area contributed by atoms with Crippen LogP contribution in [0.15, 0.2) is 35.7 Å². The number of hydrogen-bond donors (Lipinski definition) is 1. The van der Waals surface area contributed by atoms with Gasteiger partial charge in [-0.05, 0) is 29.5 Å². The molecule has 1 saturated heterocycles. The summed E-state index contributed by atoms with van der Waals surface area (Å²) >= 11 is 1.20. The highest BCUT2D eigenvalue weighted by Gasteiger charge is 2.30. The molecule has 0 bridgehead atoms. The quantitative estimate of drug-likeness (QED) is 0.649. The second-order valence-corrected chi connectivity index (χ2v) is 8.19. The Labute approximate surface area is 182 Å². The summed E-state index contributed by atoms with van der Waals surface area (Å²) < 4.78 is 43.2. The van der Waals surface area contributed by atoms with Gasteiger partial charge in [-0.3, -0.25) is 9.69 Å². The van der Waals surface area contributed by atoms with E-state index in [9.17, 15) is 22.8 Å². The first-order valence-corrected chi connectivity index (χ1v) is 10.7. The van der Waals surface area contributed by atoms with Crippen LogP contribution >= 0.6 is 11.3 Å². The number of nitrogens with zero attached hydrogens (tertiary/aromatic N) is 2. The highest BCUT2D eigenvalue weighted by molar-refractivity contribution is 7.12. The number of rotatable bonds is 7. The highest BCUT2D eigenvalue weighted by Crippen LogP contribution is 2.29. The Morgan fingerprint density at radius 1 is 1.13 bits per heavy atom. The van der Waals surface area contributed by atoms with Crippen LogP contribution in [0.25, 0.3) is 0 Å². The van der Waals surface area contributed by atoms with Crippen molar-refractivity contribution in [2.24, 2.45) is 0 Å². The number of carbonyl (C=O) groups excluding carboxylic acids is 2. The molecule has 0 radical (unpaired) electrons. The molecule has 6 nitrogen and oxygen atoms in total. The molecule has 0 aliphatic carbocycles. The lowest BCUT2D eigenvalue weighted by Crippen LogP contribution is -2.49. The summed E-state index contributed by atoms with van der Waals surface area (Å²) in [6.45, 7) is 3.71. The normalized spacial score (nSPS) is 15.6. The number of nitrogens with one attached hydrogen (secondary N) is 1. The van der Waals surface area contributed by atoms with Crippen LogP contribution in [0.1, 0.15) is 20.8 Å². The van der Waals surface area contributed by atoms with Gasteiger partial charge in [0.05, 0.1) is 24.9 Å². The largest absolute Gasteiger partial charge is 0.465 e. The second-order valence-electron chi connectivity index (χ2n) is 7.27. The monoisotopic (exact) mass is 455 g/mol. The van der Waals surface area contributed by atoms with Crippen LogP contribution in [0.4, 0.5) is 18.9 Å². The third-order valence-corrected chi connectivity index (χ3v) is 6.01. The Bertz CT molecular complexity index is 909. The molecule has 1 N–H and O–H groups in total. The van der Waals surface area contributed by atoms with Crippen LogP contribution in [0.3, 0.4) is 0 Å². The fourth-order valence-electron chi connectivity index (χ4n) is 3.41. The molecule has 2 aromatic rings. The van der Waals surface area contributed by atoms with Crippen LogP contribution < -0.4 is 5.32 Å². The summed E-state index contributed by atoms with van der Waals surface area (Å²) in [7, 11) is 1.29. The summed E-state index contributed by atoms with van der Waals surface area (Å²) in [5.74, 6) is -0.694. The molecule has 1 aliphatic rings. The lowest BCUT2D eigenvalue weighted by atomic mass is 10.1. The Morgan fingerprint density at radius 2 is 1.84 bits per heavy atom. The van der Waals surface area contributed by atoms with Gasteiger partial charge < -0.3 is 15.0 Å². The molecule has 0 unspecified atom stereocenters. The molecule has 168 valence electrons. The van der Waals surface area contributed by atoms with E-state index < -0.39 is 17.7 Å². The molecule has 1 aromatic heterocycles. The third-order valence-electron chi connectivity index (χ3n) is 5.11. The molecule has 31 heavy (non-hydrogen) atoms. The molecule has 1 fully saturated rings. The van der Waals surface area contributed by atoms with E-state index in [4.69, 9.17) is 4.74 Å². The van der Waals surface area contributed by atoms with Crippen molar-refractivity contribution in [3.05, 3.63) is 51.7 Å². The molecule has 2 heterocycles. The van der Waals surface area contributed by atoms with Crippen LogP contribution in [0.5, 0.6) is 0 Å². The average Bonchev–Trinajstić information content (AvgIpc) is 3.20. The zero-order chi connectivity index (χ0) is 22.4. The molecule has 1 amide bonds. The van der Waals surface area contributed by atoms with Crippen molar-refractivity contribution in [3.63, 3.8) is 0 Å². The van der Waals surface area contributed by atoms with E-state index in [-0.39, 0.29) is 12.5 Å². The number of hydrogen-bond acceptors (Lipinski definition) is 6. The van der Waals surface area contributed by atoms with E-state index in [1.54, 1.807) is 17.5 Å². The van der Waals surface area contributed by atoms with E-state index in [1.807, 2.05) is 4.90 Å². The van der Waals surface area contributed by atoms with Crippen LogP contribution in [-0.4, -0.2) is 68.1 Å². The third kappa shape index (κ3) is 6.52. The lowest BCUT2D eigenvalue weighted by Gasteiger charge is -2.34. The minimum absolute atomic E-state index is 0.206. The number of piperazine rings is 1. The molecule has 1 aromatic carbocycles. The van der Waals surface area contributed by atoms with Crippen LogP contribution in [0, 0.1) is 0 Å². The van der Waals surface area contributed by atoms with E-state index >= 15 is 0 Å². The molecule has 0 saturated carbocycles. The van der Waals surface area contributed by atoms with E-state index in [2.05, 4.69) is 10.2 Å². The number of ether oxygens (including phenoxy) is 1. The lowest BCUT2D eigenvalue weighted by molar-refractivity contribution is -0.137. The predicted octanol–water partition coefficient (Wildman–Crippen LogP) is 3.35. The first-order valence-electron chi connectivity index (χ1n) is 9.83. The molecule has 0 atom stereocenters. The Morgan fingerprint density at radius 3 is 2.52 bits per heavy atom. The van der Waals surface area contributed by atoms with Gasteiger partial charge in [-0.1, -0.05) is 18.2 Å². The molecule has 3 rings (SSSR count). The van der Waals surface area contributed by atoms with Gasteiger partial charge in [0.1, 0.15) is 4.88 Å². The van der Waals surface area contributed by atoms with Gasteiger partial charge in [0.15, 0.2) is 0 Å². The number of benzene rings is 1. The number of thiophene rings is 1. The molecular weight excluding hydrogens is 431 g/mol. The number of methoxy groups -OCH3 is 1. The summed E-state index contributed by atoms with van der Waals surface area (Å²) in [6, 6.07) is 7.10. The Hall–Kier alpha value is -2.43. The zero-order valence-electron chi connectivity index (χ0n) is 17.1. The minimum Gasteiger partial charge on any atom is -0.465 e. The number of halogens is 3. The molecule has 10 heteroatoms. The summed E-state index contributed by atoms with van der Waals surface area (Å²) in [5.41, 5.74) is 0.484. The maximum absolute atomic E-state index is 12.8. The van der Waals surface area contributed by atoms with Crippen molar-refractivity contribution in [1.82, 2.24) is 9.80 Å². The zero-order valence-corrected chi connectivity index (χ0v) is 17.9. The summed E-state index contributed by atoms with van der Waals surface area (Å²) in [4.78, 5) is 28.6. The Balaban J connectivity index is 1.42. The fraction of sp³-hybridized carbons (Fsp3) is 0.429. The number of anilines is 1. The number of esters is 1.